The third-order valence-corrected chi connectivity index (χ3v) is 8.60. The van der Waals surface area contributed by atoms with Crippen molar-refractivity contribution in [2.24, 2.45) is 11.8 Å². The first-order valence-electron chi connectivity index (χ1n) is 10.9. The van der Waals surface area contributed by atoms with E-state index in [0.717, 1.165) is 33.8 Å². The van der Waals surface area contributed by atoms with Gasteiger partial charge in [0.1, 0.15) is 4.83 Å². The molecule has 5 nitrogen and oxygen atoms in total. The number of nitrogens with zero attached hydrogens (tertiary/aromatic N) is 2. The number of benzene rings is 1. The average Bonchev–Trinajstić information content (AvgIpc) is 3.26. The molecule has 6 rings (SSSR count). The Kier molecular flexibility index (Phi) is 4.69. The Hall–Kier alpha value is -2.90. The zero-order chi connectivity index (χ0) is 21.8. The first-order chi connectivity index (χ1) is 15.6. The lowest BCUT2D eigenvalue weighted by Crippen LogP contribution is -2.45. The van der Waals surface area contributed by atoms with Gasteiger partial charge in [-0.25, -0.2) is 0 Å². The maximum atomic E-state index is 13.6. The highest BCUT2D eigenvalue weighted by atomic mass is 32.1. The lowest BCUT2D eigenvalue weighted by molar-refractivity contribution is 0.0696. The number of aromatic nitrogens is 1. The molecule has 1 aliphatic heterocycles. The van der Waals surface area contributed by atoms with Crippen molar-refractivity contribution in [3.8, 4) is 10.4 Å². The van der Waals surface area contributed by atoms with Crippen LogP contribution < -0.4 is 5.32 Å². The van der Waals surface area contributed by atoms with Crippen LogP contribution in [-0.2, 0) is 0 Å². The summed E-state index contributed by atoms with van der Waals surface area (Å²) in [4.78, 5) is 30.4. The van der Waals surface area contributed by atoms with Gasteiger partial charge in [-0.1, -0.05) is 29.8 Å². The summed E-state index contributed by atoms with van der Waals surface area (Å²) in [6.07, 6.45) is 5.02. The number of amides is 2. The number of carbonyl (C=O) groups excluding carboxylic acids is 2. The second-order valence-electron chi connectivity index (χ2n) is 8.77. The Morgan fingerprint density at radius 1 is 1.09 bits per heavy atom. The van der Waals surface area contributed by atoms with E-state index in [2.05, 4.69) is 30.4 Å². The number of thiazole rings is 1. The van der Waals surface area contributed by atoms with Crippen LogP contribution in [0, 0.1) is 18.8 Å². The molecule has 0 spiro atoms. The fourth-order valence-corrected chi connectivity index (χ4v) is 6.75. The molecule has 0 bridgehead atoms. The number of likely N-dealkylation sites (tertiary alicyclic amines) is 1. The van der Waals surface area contributed by atoms with Crippen LogP contribution in [0.4, 0.5) is 0 Å². The fraction of sp³-hybridized carbons (Fsp3) is 0.280. The SMILES string of the molecule is Cc1cccc(-c2sccc2C(=O)N2CC3C[C@@H]3[C@H]2CNC(=O)c2ccn3ccsc23)c1. The van der Waals surface area contributed by atoms with E-state index in [1.807, 2.05) is 50.7 Å². The lowest BCUT2D eigenvalue weighted by atomic mass is 10.1. The molecular weight excluding hydrogens is 438 g/mol. The molecule has 1 aromatic carbocycles. The third-order valence-electron chi connectivity index (χ3n) is 6.72. The number of thiophene rings is 1. The van der Waals surface area contributed by atoms with Gasteiger partial charge in [-0.2, -0.15) is 0 Å². The Bertz CT molecular complexity index is 1330. The number of nitrogens with one attached hydrogen (secondary N) is 1. The second kappa shape index (κ2) is 7.60. The van der Waals surface area contributed by atoms with Crippen molar-refractivity contribution < 1.29 is 9.59 Å². The predicted octanol–water partition coefficient (Wildman–Crippen LogP) is 4.93. The normalized spacial score (nSPS) is 21.7. The van der Waals surface area contributed by atoms with Crippen LogP contribution >= 0.6 is 22.7 Å². The number of fused-ring (bicyclic) bond motifs is 2. The van der Waals surface area contributed by atoms with Gasteiger partial charge in [0.25, 0.3) is 11.8 Å². The number of piperidine rings is 1. The van der Waals surface area contributed by atoms with Crippen molar-refractivity contribution in [1.29, 1.82) is 0 Å². The molecule has 32 heavy (non-hydrogen) atoms. The maximum Gasteiger partial charge on any atom is 0.255 e. The Morgan fingerprint density at radius 3 is 2.88 bits per heavy atom. The number of hydrogen-bond acceptors (Lipinski definition) is 4. The molecule has 2 aliphatic rings. The van der Waals surface area contributed by atoms with Crippen molar-refractivity contribution in [2.45, 2.75) is 19.4 Å². The van der Waals surface area contributed by atoms with Gasteiger partial charge in [0, 0.05) is 35.7 Å². The van der Waals surface area contributed by atoms with E-state index in [0.29, 0.717) is 23.9 Å². The van der Waals surface area contributed by atoms with Crippen LogP contribution in [-0.4, -0.2) is 40.2 Å². The zero-order valence-electron chi connectivity index (χ0n) is 17.7. The molecule has 3 aromatic heterocycles. The first-order valence-corrected chi connectivity index (χ1v) is 12.6. The molecule has 1 aliphatic carbocycles. The van der Waals surface area contributed by atoms with E-state index in [9.17, 15) is 9.59 Å². The van der Waals surface area contributed by atoms with Gasteiger partial charge in [-0.3, -0.25) is 9.59 Å². The molecule has 2 fully saturated rings. The van der Waals surface area contributed by atoms with Gasteiger partial charge < -0.3 is 14.6 Å². The van der Waals surface area contributed by atoms with Gasteiger partial charge in [0.2, 0.25) is 0 Å². The van der Waals surface area contributed by atoms with Crippen LogP contribution in [0.1, 0.15) is 32.7 Å². The molecule has 4 heterocycles. The molecule has 1 saturated carbocycles. The minimum Gasteiger partial charge on any atom is -0.350 e. The largest absolute Gasteiger partial charge is 0.350 e. The summed E-state index contributed by atoms with van der Waals surface area (Å²) in [5.74, 6) is 1.08. The van der Waals surface area contributed by atoms with Crippen molar-refractivity contribution in [3.63, 3.8) is 0 Å². The van der Waals surface area contributed by atoms with E-state index < -0.39 is 0 Å². The second-order valence-corrected chi connectivity index (χ2v) is 10.6. The molecule has 7 heteroatoms. The summed E-state index contributed by atoms with van der Waals surface area (Å²) in [6.45, 7) is 3.35. The maximum absolute atomic E-state index is 13.6. The van der Waals surface area contributed by atoms with Crippen molar-refractivity contribution >= 4 is 39.3 Å². The van der Waals surface area contributed by atoms with Gasteiger partial charge in [-0.15, -0.1) is 22.7 Å². The third kappa shape index (κ3) is 3.27. The quantitative estimate of drug-likeness (QED) is 0.458. The van der Waals surface area contributed by atoms with Crippen molar-refractivity contribution in [3.05, 3.63) is 76.2 Å². The average molecular weight is 462 g/mol. The summed E-state index contributed by atoms with van der Waals surface area (Å²) in [6, 6.07) is 12.2. The van der Waals surface area contributed by atoms with E-state index in [1.165, 1.54) is 5.56 Å². The highest BCUT2D eigenvalue weighted by molar-refractivity contribution is 7.16. The summed E-state index contributed by atoms with van der Waals surface area (Å²) < 4.78 is 1.96. The standard InChI is InChI=1S/C25H23N3O2S2/c1-15-3-2-4-16(11-15)22-18(6-9-31-22)24(30)28-14-17-12-20(17)21(28)13-26-23(29)19-5-7-27-8-10-32-25(19)27/h2-11,17,20-21H,12-14H2,1H3,(H,26,29)/t17?,20-,21+/m0/s1. The minimum absolute atomic E-state index is 0.0585. The van der Waals surface area contributed by atoms with E-state index >= 15 is 0 Å². The molecule has 1 unspecified atom stereocenters. The molecule has 2 amide bonds. The molecule has 1 N–H and O–H groups in total. The smallest absolute Gasteiger partial charge is 0.255 e. The molecule has 0 radical (unpaired) electrons. The van der Waals surface area contributed by atoms with Gasteiger partial charge in [-0.05, 0) is 48.3 Å². The Morgan fingerprint density at radius 2 is 2.00 bits per heavy atom. The lowest BCUT2D eigenvalue weighted by Gasteiger charge is -2.28. The van der Waals surface area contributed by atoms with E-state index in [4.69, 9.17) is 0 Å². The predicted molar refractivity (Wildman–Crippen MR) is 129 cm³/mol. The monoisotopic (exact) mass is 461 g/mol. The highest BCUT2D eigenvalue weighted by Crippen LogP contribution is 2.50. The number of rotatable bonds is 5. The van der Waals surface area contributed by atoms with Crippen molar-refractivity contribution in [1.82, 2.24) is 14.6 Å². The first kappa shape index (κ1) is 19.8. The number of carbonyl (C=O) groups is 2. The summed E-state index contributed by atoms with van der Waals surface area (Å²) in [7, 11) is 0. The van der Waals surface area contributed by atoms with Gasteiger partial charge in [0.15, 0.2) is 0 Å². The van der Waals surface area contributed by atoms with Crippen LogP contribution in [0.3, 0.4) is 0 Å². The number of hydrogen-bond donors (Lipinski definition) is 1. The molecule has 1 saturated heterocycles. The van der Waals surface area contributed by atoms with Gasteiger partial charge in [0.05, 0.1) is 17.2 Å². The summed E-state index contributed by atoms with van der Waals surface area (Å²) >= 11 is 3.17. The van der Waals surface area contributed by atoms with Crippen LogP contribution in [0.2, 0.25) is 0 Å². The number of aryl methyl sites for hydroxylation is 1. The highest BCUT2D eigenvalue weighted by Gasteiger charge is 2.54. The van der Waals surface area contributed by atoms with E-state index in [1.54, 1.807) is 22.7 Å². The fourth-order valence-electron chi connectivity index (χ4n) is 5.01. The molecule has 4 aromatic rings. The molecular formula is C25H23N3O2S2. The van der Waals surface area contributed by atoms with Crippen LogP contribution in [0.15, 0.2) is 59.6 Å². The molecule has 3 atom stereocenters. The zero-order valence-corrected chi connectivity index (χ0v) is 19.3. The van der Waals surface area contributed by atoms with E-state index in [-0.39, 0.29) is 17.9 Å². The summed E-state index contributed by atoms with van der Waals surface area (Å²) in [5.41, 5.74) is 3.74. The van der Waals surface area contributed by atoms with Crippen molar-refractivity contribution in [2.75, 3.05) is 13.1 Å². The Labute approximate surface area is 194 Å². The Balaban J connectivity index is 1.21. The topological polar surface area (TPSA) is 53.8 Å². The van der Waals surface area contributed by atoms with Crippen LogP contribution in [0.5, 0.6) is 0 Å². The molecule has 162 valence electrons. The minimum atomic E-state index is -0.0672. The van der Waals surface area contributed by atoms with Gasteiger partial charge >= 0.3 is 0 Å². The summed E-state index contributed by atoms with van der Waals surface area (Å²) in [5, 5.41) is 7.09. The van der Waals surface area contributed by atoms with Crippen LogP contribution in [0.25, 0.3) is 15.3 Å².